The molecule has 0 bridgehead atoms. The van der Waals surface area contributed by atoms with Crippen molar-refractivity contribution >= 4 is 10.9 Å². The number of nitrogens with one attached hydrogen (secondary N) is 1. The lowest BCUT2D eigenvalue weighted by atomic mass is 9.91. The van der Waals surface area contributed by atoms with Crippen molar-refractivity contribution < 1.29 is 9.13 Å². The van der Waals surface area contributed by atoms with E-state index in [1.54, 1.807) is 19.2 Å². The van der Waals surface area contributed by atoms with Crippen LogP contribution in [0.3, 0.4) is 0 Å². The summed E-state index contributed by atoms with van der Waals surface area (Å²) >= 11 is 0. The van der Waals surface area contributed by atoms with Crippen LogP contribution in [0, 0.1) is 5.82 Å². The van der Waals surface area contributed by atoms with Crippen molar-refractivity contribution in [1.82, 2.24) is 15.1 Å². The minimum atomic E-state index is -0.295. The topological polar surface area (TPSA) is 39.1 Å². The summed E-state index contributed by atoms with van der Waals surface area (Å²) in [6.07, 6.45) is 1.88. The molecule has 0 fully saturated rings. The van der Waals surface area contributed by atoms with Gasteiger partial charge in [-0.3, -0.25) is 0 Å². The summed E-state index contributed by atoms with van der Waals surface area (Å²) in [6.45, 7) is 5.00. The van der Waals surface area contributed by atoms with Gasteiger partial charge >= 0.3 is 0 Å². The first-order chi connectivity index (χ1) is 14.0. The Morgan fingerprint density at radius 1 is 1.00 bits per heavy atom. The van der Waals surface area contributed by atoms with Crippen LogP contribution in [0.25, 0.3) is 16.6 Å². The first-order valence-electron chi connectivity index (χ1n) is 9.60. The summed E-state index contributed by atoms with van der Waals surface area (Å²) in [4.78, 5) is 0. The lowest BCUT2D eigenvalue weighted by Crippen LogP contribution is -2.36. The maximum Gasteiger partial charge on any atom is 0.123 e. The molecule has 148 valence electrons. The van der Waals surface area contributed by atoms with E-state index >= 15 is 0 Å². The molecule has 1 aromatic heterocycles. The van der Waals surface area contributed by atoms with Crippen molar-refractivity contribution in [2.75, 3.05) is 7.11 Å². The van der Waals surface area contributed by atoms with E-state index in [1.807, 2.05) is 41.2 Å². The number of methoxy groups -OCH3 is 1. The second kappa shape index (κ2) is 7.68. The summed E-state index contributed by atoms with van der Waals surface area (Å²) in [7, 11) is 1.69. The summed E-state index contributed by atoms with van der Waals surface area (Å²) < 4.78 is 20.6. The highest BCUT2D eigenvalue weighted by molar-refractivity contribution is 5.84. The fourth-order valence-corrected chi connectivity index (χ4v) is 3.64. The number of rotatable bonds is 6. The van der Waals surface area contributed by atoms with Gasteiger partial charge in [-0.05, 0) is 55.8 Å². The van der Waals surface area contributed by atoms with Crippen LogP contribution in [0.4, 0.5) is 4.39 Å². The highest BCUT2D eigenvalue weighted by Crippen LogP contribution is 2.30. The van der Waals surface area contributed by atoms with E-state index in [2.05, 4.69) is 36.4 Å². The molecule has 0 saturated heterocycles. The van der Waals surface area contributed by atoms with Gasteiger partial charge in [0.1, 0.15) is 11.6 Å². The molecule has 0 unspecified atom stereocenters. The third kappa shape index (κ3) is 3.74. The van der Waals surface area contributed by atoms with Crippen LogP contribution >= 0.6 is 0 Å². The van der Waals surface area contributed by atoms with Crippen molar-refractivity contribution in [3.05, 3.63) is 89.9 Å². The van der Waals surface area contributed by atoms with Crippen molar-refractivity contribution in [2.45, 2.75) is 25.9 Å². The average molecular weight is 389 g/mol. The molecule has 4 nitrogen and oxygen atoms in total. The van der Waals surface area contributed by atoms with E-state index in [0.717, 1.165) is 33.5 Å². The molecule has 1 heterocycles. The summed E-state index contributed by atoms with van der Waals surface area (Å²) in [5.41, 5.74) is 3.78. The predicted octanol–water partition coefficient (Wildman–Crippen LogP) is 5.20. The maximum absolute atomic E-state index is 13.3. The normalized spacial score (nSPS) is 11.7. The molecule has 4 aromatic rings. The van der Waals surface area contributed by atoms with Crippen LogP contribution < -0.4 is 10.1 Å². The predicted molar refractivity (Wildman–Crippen MR) is 114 cm³/mol. The molecular formula is C24H24FN3O. The zero-order valence-corrected chi connectivity index (χ0v) is 16.8. The zero-order chi connectivity index (χ0) is 20.4. The SMILES string of the molecule is COc1ccccc1CNC(C)(C)c1cccc2c1cnn2-c1ccc(F)cc1. The first kappa shape index (κ1) is 19.2. The van der Waals surface area contributed by atoms with E-state index in [1.165, 1.54) is 12.1 Å². The zero-order valence-electron chi connectivity index (χ0n) is 16.8. The van der Waals surface area contributed by atoms with Crippen LogP contribution in [0.5, 0.6) is 5.75 Å². The molecule has 29 heavy (non-hydrogen) atoms. The van der Waals surface area contributed by atoms with Gasteiger partial charge in [0.05, 0.1) is 24.5 Å². The Morgan fingerprint density at radius 2 is 1.76 bits per heavy atom. The van der Waals surface area contributed by atoms with Gasteiger partial charge in [0.25, 0.3) is 0 Å². The van der Waals surface area contributed by atoms with Gasteiger partial charge in [-0.2, -0.15) is 5.10 Å². The molecule has 0 saturated carbocycles. The Morgan fingerprint density at radius 3 is 2.52 bits per heavy atom. The lowest BCUT2D eigenvalue weighted by molar-refractivity contribution is 0.383. The number of aromatic nitrogens is 2. The van der Waals surface area contributed by atoms with Crippen molar-refractivity contribution in [1.29, 1.82) is 0 Å². The molecule has 3 aromatic carbocycles. The number of fused-ring (bicyclic) bond motifs is 1. The molecule has 0 aliphatic carbocycles. The second-order valence-electron chi connectivity index (χ2n) is 7.56. The minimum Gasteiger partial charge on any atom is -0.496 e. The molecule has 4 rings (SSSR count). The van der Waals surface area contributed by atoms with Crippen LogP contribution in [0.15, 0.2) is 72.9 Å². The summed E-state index contributed by atoms with van der Waals surface area (Å²) in [5, 5.41) is 9.27. The Kier molecular flexibility index (Phi) is 5.07. The van der Waals surface area contributed by atoms with Gasteiger partial charge in [-0.15, -0.1) is 0 Å². The molecule has 0 aliphatic heterocycles. The largest absolute Gasteiger partial charge is 0.496 e. The van der Waals surface area contributed by atoms with Crippen LogP contribution in [-0.2, 0) is 12.1 Å². The highest BCUT2D eigenvalue weighted by Gasteiger charge is 2.24. The van der Waals surface area contributed by atoms with Crippen molar-refractivity contribution in [2.24, 2.45) is 0 Å². The average Bonchev–Trinajstić information content (AvgIpc) is 3.17. The number of hydrogen-bond donors (Lipinski definition) is 1. The monoisotopic (exact) mass is 389 g/mol. The van der Waals surface area contributed by atoms with Crippen molar-refractivity contribution in [3.63, 3.8) is 0 Å². The van der Waals surface area contributed by atoms with E-state index in [-0.39, 0.29) is 11.4 Å². The molecule has 1 N–H and O–H groups in total. The van der Waals surface area contributed by atoms with Crippen LogP contribution in [-0.4, -0.2) is 16.9 Å². The number of para-hydroxylation sites is 1. The Bertz CT molecular complexity index is 1130. The van der Waals surface area contributed by atoms with E-state index in [4.69, 9.17) is 4.74 Å². The van der Waals surface area contributed by atoms with Crippen LogP contribution in [0.2, 0.25) is 0 Å². The Hall–Kier alpha value is -3.18. The van der Waals surface area contributed by atoms with Gasteiger partial charge in [0.2, 0.25) is 0 Å². The fraction of sp³-hybridized carbons (Fsp3) is 0.208. The van der Waals surface area contributed by atoms with Crippen molar-refractivity contribution in [3.8, 4) is 11.4 Å². The first-order valence-corrected chi connectivity index (χ1v) is 9.60. The second-order valence-corrected chi connectivity index (χ2v) is 7.56. The fourth-order valence-electron chi connectivity index (χ4n) is 3.64. The molecule has 0 amide bonds. The standard InChI is InChI=1S/C24H24FN3O/c1-24(2,26-15-17-7-4-5-10-23(17)29-3)21-8-6-9-22-20(21)16-27-28(22)19-13-11-18(25)12-14-19/h4-14,16,26H,15H2,1-3H3. The molecule has 0 radical (unpaired) electrons. The summed E-state index contributed by atoms with van der Waals surface area (Å²) in [6, 6.07) is 20.6. The third-order valence-corrected chi connectivity index (χ3v) is 5.27. The summed E-state index contributed by atoms with van der Waals surface area (Å²) in [5.74, 6) is 0.616. The van der Waals surface area contributed by atoms with E-state index < -0.39 is 0 Å². The molecule has 5 heteroatoms. The number of halogens is 1. The lowest BCUT2D eigenvalue weighted by Gasteiger charge is -2.28. The number of hydrogen-bond acceptors (Lipinski definition) is 3. The maximum atomic E-state index is 13.3. The minimum absolute atomic E-state index is 0.257. The molecule has 0 spiro atoms. The van der Waals surface area contributed by atoms with Gasteiger partial charge in [0.15, 0.2) is 0 Å². The van der Waals surface area contributed by atoms with Gasteiger partial charge < -0.3 is 10.1 Å². The Balaban J connectivity index is 1.67. The number of ether oxygens (including phenoxy) is 1. The number of nitrogens with zero attached hydrogens (tertiary/aromatic N) is 2. The third-order valence-electron chi connectivity index (χ3n) is 5.27. The van der Waals surface area contributed by atoms with Crippen LogP contribution in [0.1, 0.15) is 25.0 Å². The number of benzene rings is 3. The van der Waals surface area contributed by atoms with Gasteiger partial charge in [0, 0.05) is 23.0 Å². The quantitative estimate of drug-likeness (QED) is 0.493. The van der Waals surface area contributed by atoms with E-state index in [9.17, 15) is 4.39 Å². The van der Waals surface area contributed by atoms with Gasteiger partial charge in [-0.1, -0.05) is 30.3 Å². The highest BCUT2D eigenvalue weighted by atomic mass is 19.1. The molecule has 0 aliphatic rings. The van der Waals surface area contributed by atoms with E-state index in [0.29, 0.717) is 6.54 Å². The molecular weight excluding hydrogens is 365 g/mol. The molecule has 0 atom stereocenters. The van der Waals surface area contributed by atoms with Gasteiger partial charge in [-0.25, -0.2) is 9.07 Å². The smallest absolute Gasteiger partial charge is 0.123 e. The Labute approximate surface area is 169 Å².